The fraction of sp³-hybridized carbons (Fsp3) is 0.500. The van der Waals surface area contributed by atoms with Crippen molar-refractivity contribution in [2.45, 2.75) is 31.5 Å². The maximum Gasteiger partial charge on any atom is 0.119 e. The summed E-state index contributed by atoms with van der Waals surface area (Å²) < 4.78 is 10.8. The molecule has 2 aromatic carbocycles. The molecular weight excluding hydrogens is 380 g/mol. The summed E-state index contributed by atoms with van der Waals surface area (Å²) in [5.41, 5.74) is 1.73. The zero-order valence-electron chi connectivity index (χ0n) is 18.1. The number of nitrogens with zero attached hydrogens (tertiary/aromatic N) is 2. The smallest absolute Gasteiger partial charge is 0.119 e. The van der Waals surface area contributed by atoms with Crippen LogP contribution in [-0.4, -0.2) is 72.6 Å². The monoisotopic (exact) mass is 414 g/mol. The van der Waals surface area contributed by atoms with Gasteiger partial charge in [-0.1, -0.05) is 24.3 Å². The highest BCUT2D eigenvalue weighted by Gasteiger charge is 2.36. The van der Waals surface area contributed by atoms with Crippen LogP contribution in [-0.2, 0) is 13.1 Å². The fourth-order valence-electron chi connectivity index (χ4n) is 4.01. The second-order valence-corrected chi connectivity index (χ2v) is 8.27. The van der Waals surface area contributed by atoms with Crippen molar-refractivity contribution in [1.29, 1.82) is 0 Å². The van der Waals surface area contributed by atoms with Gasteiger partial charge in [0.1, 0.15) is 11.5 Å². The van der Waals surface area contributed by atoms with Crippen molar-refractivity contribution >= 4 is 0 Å². The topological polar surface area (TPSA) is 65.4 Å². The molecule has 30 heavy (non-hydrogen) atoms. The van der Waals surface area contributed by atoms with Crippen LogP contribution in [0.4, 0.5) is 0 Å². The van der Waals surface area contributed by atoms with E-state index in [-0.39, 0.29) is 6.61 Å². The lowest BCUT2D eigenvalue weighted by atomic mass is 10.0. The van der Waals surface area contributed by atoms with Crippen molar-refractivity contribution < 1.29 is 19.7 Å². The largest absolute Gasteiger partial charge is 0.497 e. The van der Waals surface area contributed by atoms with E-state index < -0.39 is 5.60 Å². The molecule has 3 rings (SSSR count). The molecule has 0 radical (unpaired) electrons. The standard InChI is InChI=1S/C24H34N2O4/c1-25(16-20-4-8-22(29-2)9-5-20)18-24(28)12-13-26(19-24)17-21-6-10-23(11-7-21)30-15-3-14-27/h4-11,27-28H,3,12-19H2,1-2H3. The predicted molar refractivity (Wildman–Crippen MR) is 118 cm³/mol. The molecule has 1 aliphatic heterocycles. The Balaban J connectivity index is 1.46. The number of rotatable bonds is 11. The molecule has 1 unspecified atom stereocenters. The van der Waals surface area contributed by atoms with Gasteiger partial charge in [-0.2, -0.15) is 0 Å². The molecule has 6 nitrogen and oxygen atoms in total. The molecule has 2 N–H and O–H groups in total. The van der Waals surface area contributed by atoms with Crippen LogP contribution in [0, 0.1) is 0 Å². The summed E-state index contributed by atoms with van der Waals surface area (Å²) in [7, 11) is 3.73. The summed E-state index contributed by atoms with van der Waals surface area (Å²) in [5, 5.41) is 19.9. The number of likely N-dealkylation sites (tertiary alicyclic amines) is 1. The molecule has 0 bridgehead atoms. The number of aliphatic hydroxyl groups excluding tert-OH is 1. The molecule has 1 aliphatic rings. The van der Waals surface area contributed by atoms with E-state index >= 15 is 0 Å². The van der Waals surface area contributed by atoms with E-state index in [1.54, 1.807) is 7.11 Å². The van der Waals surface area contributed by atoms with Crippen molar-refractivity contribution in [1.82, 2.24) is 9.80 Å². The van der Waals surface area contributed by atoms with Gasteiger partial charge in [0, 0.05) is 45.8 Å². The molecule has 1 saturated heterocycles. The second-order valence-electron chi connectivity index (χ2n) is 8.27. The van der Waals surface area contributed by atoms with Crippen LogP contribution in [0.3, 0.4) is 0 Å². The molecular formula is C24H34N2O4. The zero-order chi connectivity index (χ0) is 21.4. The molecule has 6 heteroatoms. The summed E-state index contributed by atoms with van der Waals surface area (Å²) in [6, 6.07) is 16.2. The number of hydrogen-bond donors (Lipinski definition) is 2. The van der Waals surface area contributed by atoms with E-state index in [0.717, 1.165) is 37.6 Å². The molecule has 0 aliphatic carbocycles. The summed E-state index contributed by atoms with van der Waals surface area (Å²) in [4.78, 5) is 4.49. The maximum absolute atomic E-state index is 11.1. The van der Waals surface area contributed by atoms with Gasteiger partial charge in [-0.05, 0) is 48.9 Å². The van der Waals surface area contributed by atoms with Gasteiger partial charge in [-0.3, -0.25) is 9.80 Å². The SMILES string of the molecule is COc1ccc(CN(C)CC2(O)CCN(Cc3ccc(OCCCO)cc3)C2)cc1. The Hall–Kier alpha value is -2.12. The third kappa shape index (κ3) is 6.71. The third-order valence-electron chi connectivity index (χ3n) is 5.49. The number of methoxy groups -OCH3 is 1. The number of β-amino-alcohol motifs (C(OH)–C–C–N with tert-alkyl or cyclic N) is 1. The summed E-state index contributed by atoms with van der Waals surface area (Å²) in [6.45, 7) is 4.50. The van der Waals surface area contributed by atoms with Gasteiger partial charge in [0.15, 0.2) is 0 Å². The Labute approximate surface area is 179 Å². The highest BCUT2D eigenvalue weighted by atomic mass is 16.5. The molecule has 0 spiro atoms. The Bertz CT molecular complexity index is 766. The van der Waals surface area contributed by atoms with Crippen molar-refractivity contribution in [2.75, 3.05) is 47.0 Å². The number of benzene rings is 2. The van der Waals surface area contributed by atoms with Crippen LogP contribution in [0.25, 0.3) is 0 Å². The predicted octanol–water partition coefficient (Wildman–Crippen LogP) is 2.53. The van der Waals surface area contributed by atoms with Gasteiger partial charge in [-0.15, -0.1) is 0 Å². The Morgan fingerprint density at radius 2 is 1.70 bits per heavy atom. The first-order valence-corrected chi connectivity index (χ1v) is 10.6. The zero-order valence-corrected chi connectivity index (χ0v) is 18.1. The first-order valence-electron chi connectivity index (χ1n) is 10.6. The lowest BCUT2D eigenvalue weighted by Gasteiger charge is -2.29. The third-order valence-corrected chi connectivity index (χ3v) is 5.49. The second kappa shape index (κ2) is 10.8. The number of aliphatic hydroxyl groups is 2. The van der Waals surface area contributed by atoms with Crippen LogP contribution >= 0.6 is 0 Å². The van der Waals surface area contributed by atoms with E-state index in [1.165, 1.54) is 11.1 Å². The Morgan fingerprint density at radius 3 is 2.37 bits per heavy atom. The maximum atomic E-state index is 11.1. The van der Waals surface area contributed by atoms with Gasteiger partial charge >= 0.3 is 0 Å². The summed E-state index contributed by atoms with van der Waals surface area (Å²) in [6.07, 6.45) is 1.42. The normalized spacial score (nSPS) is 19.4. The average molecular weight is 415 g/mol. The first kappa shape index (κ1) is 22.6. The molecule has 1 fully saturated rings. The van der Waals surface area contributed by atoms with Crippen molar-refractivity contribution in [3.05, 3.63) is 59.7 Å². The summed E-state index contributed by atoms with van der Waals surface area (Å²) >= 11 is 0. The fourth-order valence-corrected chi connectivity index (χ4v) is 4.01. The summed E-state index contributed by atoms with van der Waals surface area (Å²) in [5.74, 6) is 1.68. The van der Waals surface area contributed by atoms with Gasteiger partial charge in [0.05, 0.1) is 19.3 Å². The minimum Gasteiger partial charge on any atom is -0.497 e. The molecule has 0 saturated carbocycles. The van der Waals surface area contributed by atoms with E-state index in [1.807, 2.05) is 24.3 Å². The van der Waals surface area contributed by atoms with E-state index in [4.69, 9.17) is 14.6 Å². The quantitative estimate of drug-likeness (QED) is 0.551. The van der Waals surface area contributed by atoms with Gasteiger partial charge in [-0.25, -0.2) is 0 Å². The van der Waals surface area contributed by atoms with E-state index in [2.05, 4.69) is 41.1 Å². The molecule has 0 aromatic heterocycles. The highest BCUT2D eigenvalue weighted by Crippen LogP contribution is 2.25. The van der Waals surface area contributed by atoms with E-state index in [9.17, 15) is 5.11 Å². The van der Waals surface area contributed by atoms with Crippen LogP contribution in [0.2, 0.25) is 0 Å². The van der Waals surface area contributed by atoms with Gasteiger partial charge in [0.2, 0.25) is 0 Å². The van der Waals surface area contributed by atoms with Crippen LogP contribution < -0.4 is 9.47 Å². The van der Waals surface area contributed by atoms with Crippen LogP contribution in [0.5, 0.6) is 11.5 Å². The van der Waals surface area contributed by atoms with Crippen LogP contribution in [0.15, 0.2) is 48.5 Å². The van der Waals surface area contributed by atoms with Crippen molar-refractivity contribution in [3.8, 4) is 11.5 Å². The molecule has 1 heterocycles. The molecule has 164 valence electrons. The van der Waals surface area contributed by atoms with Crippen molar-refractivity contribution in [2.24, 2.45) is 0 Å². The minimum atomic E-state index is -0.686. The molecule has 1 atom stereocenters. The molecule has 0 amide bonds. The van der Waals surface area contributed by atoms with Gasteiger partial charge in [0.25, 0.3) is 0 Å². The molecule has 2 aromatic rings. The highest BCUT2D eigenvalue weighted by molar-refractivity contribution is 5.28. The Morgan fingerprint density at radius 1 is 1.03 bits per heavy atom. The number of ether oxygens (including phenoxy) is 2. The van der Waals surface area contributed by atoms with Gasteiger partial charge < -0.3 is 19.7 Å². The van der Waals surface area contributed by atoms with E-state index in [0.29, 0.717) is 26.1 Å². The van der Waals surface area contributed by atoms with Crippen molar-refractivity contribution in [3.63, 3.8) is 0 Å². The first-order chi connectivity index (χ1) is 14.5. The number of hydrogen-bond acceptors (Lipinski definition) is 6. The number of likely N-dealkylation sites (N-methyl/N-ethyl adjacent to an activating group) is 1. The lowest BCUT2D eigenvalue weighted by molar-refractivity contribution is 0.0162. The Kier molecular flexibility index (Phi) is 8.10. The van der Waals surface area contributed by atoms with Crippen LogP contribution in [0.1, 0.15) is 24.0 Å². The lowest BCUT2D eigenvalue weighted by Crippen LogP contribution is -2.43. The average Bonchev–Trinajstić information content (AvgIpc) is 3.10. The minimum absolute atomic E-state index is 0.144.